The van der Waals surface area contributed by atoms with Crippen LogP contribution in [-0.2, 0) is 20.9 Å². The van der Waals surface area contributed by atoms with Crippen molar-refractivity contribution in [1.82, 2.24) is 4.90 Å². The maximum atomic E-state index is 13.2. The lowest BCUT2D eigenvalue weighted by molar-refractivity contribution is -0.140. The highest BCUT2D eigenvalue weighted by molar-refractivity contribution is 6.46. The van der Waals surface area contributed by atoms with Crippen molar-refractivity contribution in [3.05, 3.63) is 94.6 Å². The lowest BCUT2D eigenvalue weighted by atomic mass is 9.95. The Bertz CT molecular complexity index is 1350. The van der Waals surface area contributed by atoms with Crippen molar-refractivity contribution in [3.8, 4) is 17.2 Å². The van der Waals surface area contributed by atoms with Crippen LogP contribution < -0.4 is 9.47 Å². The van der Waals surface area contributed by atoms with Crippen molar-refractivity contribution in [3.63, 3.8) is 0 Å². The summed E-state index contributed by atoms with van der Waals surface area (Å²) in [6, 6.07) is 18.4. The molecule has 0 aromatic heterocycles. The Morgan fingerprint density at radius 2 is 1.74 bits per heavy atom. The molecule has 8 heteroatoms. The standard InChI is InChI=1S/C30H31NO7/c1-19-7-4-5-8-22(19)18-38-23-12-9-20(10-13-23)28(33)26-27(21-11-14-24(32)25(17-21)37-3)31(15-6-16-36-2)30(35)29(26)34/h4-5,7-14,17,27,32-33H,6,15-16,18H2,1-3H3/t27-/m0/s1. The Hall–Kier alpha value is -4.30. The van der Waals surface area contributed by atoms with Crippen molar-refractivity contribution in [1.29, 1.82) is 0 Å². The Morgan fingerprint density at radius 3 is 2.42 bits per heavy atom. The van der Waals surface area contributed by atoms with E-state index in [0.717, 1.165) is 11.1 Å². The van der Waals surface area contributed by atoms with Crippen LogP contribution >= 0.6 is 0 Å². The molecular formula is C30H31NO7. The summed E-state index contributed by atoms with van der Waals surface area (Å²) in [4.78, 5) is 27.6. The van der Waals surface area contributed by atoms with E-state index in [1.54, 1.807) is 43.5 Å². The van der Waals surface area contributed by atoms with Gasteiger partial charge >= 0.3 is 0 Å². The summed E-state index contributed by atoms with van der Waals surface area (Å²) < 4.78 is 16.2. The third-order valence-corrected chi connectivity index (χ3v) is 6.59. The van der Waals surface area contributed by atoms with E-state index >= 15 is 0 Å². The van der Waals surface area contributed by atoms with Gasteiger partial charge in [-0.2, -0.15) is 0 Å². The van der Waals surface area contributed by atoms with E-state index < -0.39 is 17.7 Å². The number of aryl methyl sites for hydroxylation is 1. The molecule has 198 valence electrons. The third-order valence-electron chi connectivity index (χ3n) is 6.59. The predicted octanol–water partition coefficient (Wildman–Crippen LogP) is 4.75. The number of carbonyl (C=O) groups excluding carboxylic acids is 2. The van der Waals surface area contributed by atoms with Crippen LogP contribution in [0.4, 0.5) is 0 Å². The predicted molar refractivity (Wildman–Crippen MR) is 142 cm³/mol. The lowest BCUT2D eigenvalue weighted by Crippen LogP contribution is -2.31. The third kappa shape index (κ3) is 5.50. The fourth-order valence-electron chi connectivity index (χ4n) is 4.50. The topological polar surface area (TPSA) is 106 Å². The van der Waals surface area contributed by atoms with Crippen LogP contribution in [0.25, 0.3) is 5.76 Å². The molecule has 38 heavy (non-hydrogen) atoms. The van der Waals surface area contributed by atoms with Crippen molar-refractivity contribution in [2.24, 2.45) is 0 Å². The number of Topliss-reactive ketones (excluding diaryl/α,β-unsaturated/α-hetero) is 1. The fourth-order valence-corrected chi connectivity index (χ4v) is 4.50. The molecule has 1 heterocycles. The quantitative estimate of drug-likeness (QED) is 0.173. The monoisotopic (exact) mass is 517 g/mol. The van der Waals surface area contributed by atoms with Gasteiger partial charge in [0.25, 0.3) is 11.7 Å². The van der Waals surface area contributed by atoms with E-state index in [-0.39, 0.29) is 29.4 Å². The van der Waals surface area contributed by atoms with E-state index in [0.29, 0.717) is 36.5 Å². The lowest BCUT2D eigenvalue weighted by Gasteiger charge is -2.25. The summed E-state index contributed by atoms with van der Waals surface area (Å²) in [5.74, 6) is -1.06. The number of hydrogen-bond acceptors (Lipinski definition) is 7. The summed E-state index contributed by atoms with van der Waals surface area (Å²) in [6.07, 6.45) is 0.502. The maximum absolute atomic E-state index is 13.2. The summed E-state index contributed by atoms with van der Waals surface area (Å²) in [5, 5.41) is 21.3. The van der Waals surface area contributed by atoms with Gasteiger partial charge in [-0.15, -0.1) is 0 Å². The van der Waals surface area contributed by atoms with Gasteiger partial charge in [-0.05, 0) is 66.4 Å². The molecule has 1 amide bonds. The number of carbonyl (C=O) groups is 2. The van der Waals surface area contributed by atoms with Gasteiger partial charge in [0.15, 0.2) is 11.5 Å². The number of rotatable bonds is 10. The van der Waals surface area contributed by atoms with Gasteiger partial charge in [0.1, 0.15) is 18.1 Å². The van der Waals surface area contributed by atoms with E-state index in [1.165, 1.54) is 18.1 Å². The van der Waals surface area contributed by atoms with Crippen LogP contribution in [0.15, 0.2) is 72.3 Å². The van der Waals surface area contributed by atoms with Gasteiger partial charge in [-0.3, -0.25) is 9.59 Å². The largest absolute Gasteiger partial charge is 0.507 e. The van der Waals surface area contributed by atoms with Gasteiger partial charge in [0.05, 0.1) is 18.7 Å². The van der Waals surface area contributed by atoms with E-state index in [1.807, 2.05) is 31.2 Å². The van der Waals surface area contributed by atoms with Crippen molar-refractivity contribution >= 4 is 17.4 Å². The average Bonchev–Trinajstić information content (AvgIpc) is 3.18. The number of likely N-dealkylation sites (tertiary alicyclic amines) is 1. The summed E-state index contributed by atoms with van der Waals surface area (Å²) >= 11 is 0. The second-order valence-corrected chi connectivity index (χ2v) is 9.01. The zero-order valence-corrected chi connectivity index (χ0v) is 21.6. The van der Waals surface area contributed by atoms with Crippen LogP contribution in [-0.4, -0.2) is 54.2 Å². The number of aliphatic hydroxyl groups excluding tert-OH is 1. The first-order chi connectivity index (χ1) is 18.3. The highest BCUT2D eigenvalue weighted by Gasteiger charge is 2.46. The first-order valence-electron chi connectivity index (χ1n) is 12.3. The number of hydrogen-bond donors (Lipinski definition) is 2. The van der Waals surface area contributed by atoms with Gasteiger partial charge in [-0.25, -0.2) is 0 Å². The highest BCUT2D eigenvalue weighted by atomic mass is 16.5. The molecule has 1 saturated heterocycles. The van der Waals surface area contributed by atoms with Crippen molar-refractivity contribution in [2.75, 3.05) is 27.4 Å². The second-order valence-electron chi connectivity index (χ2n) is 9.01. The van der Waals surface area contributed by atoms with Gasteiger partial charge in [0, 0.05) is 25.8 Å². The number of ketones is 1. The summed E-state index contributed by atoms with van der Waals surface area (Å²) in [6.45, 7) is 3.06. The van der Waals surface area contributed by atoms with Crippen molar-refractivity contribution in [2.45, 2.75) is 26.0 Å². The molecule has 4 rings (SSSR count). The maximum Gasteiger partial charge on any atom is 0.295 e. The first-order valence-corrected chi connectivity index (χ1v) is 12.3. The molecule has 1 fully saturated rings. The SMILES string of the molecule is COCCCN1C(=O)C(=O)C(=C(O)c2ccc(OCc3ccccc3C)cc2)[C@@H]1c1ccc(O)c(OC)c1. The van der Waals surface area contributed by atoms with Crippen LogP contribution in [0.3, 0.4) is 0 Å². The van der Waals surface area contributed by atoms with E-state index in [9.17, 15) is 19.8 Å². The van der Waals surface area contributed by atoms with Crippen LogP contribution in [0.1, 0.15) is 34.7 Å². The zero-order chi connectivity index (χ0) is 27.2. The number of phenols is 1. The van der Waals surface area contributed by atoms with Crippen LogP contribution in [0, 0.1) is 6.92 Å². The van der Waals surface area contributed by atoms with Crippen molar-refractivity contribution < 1.29 is 34.0 Å². The molecule has 0 spiro atoms. The normalized spacial score (nSPS) is 16.6. The molecule has 1 aliphatic rings. The number of aromatic hydroxyl groups is 1. The Balaban J connectivity index is 1.67. The summed E-state index contributed by atoms with van der Waals surface area (Å²) in [5.41, 5.74) is 3.06. The van der Waals surface area contributed by atoms with Gasteiger partial charge in [-0.1, -0.05) is 30.3 Å². The Labute approximate surface area is 221 Å². The molecule has 2 N–H and O–H groups in total. The molecule has 8 nitrogen and oxygen atoms in total. The molecular weight excluding hydrogens is 486 g/mol. The molecule has 0 bridgehead atoms. The van der Waals surface area contributed by atoms with Gasteiger partial charge in [0.2, 0.25) is 0 Å². The van der Waals surface area contributed by atoms with Crippen LogP contribution in [0.5, 0.6) is 17.2 Å². The Morgan fingerprint density at radius 1 is 1.00 bits per heavy atom. The first kappa shape index (κ1) is 26.8. The number of benzene rings is 3. The number of methoxy groups -OCH3 is 2. The van der Waals surface area contributed by atoms with Crippen LogP contribution in [0.2, 0.25) is 0 Å². The number of amides is 1. The second kappa shape index (κ2) is 11.8. The number of phenolic OH excluding ortho intramolecular Hbond substituents is 1. The Kier molecular flexibility index (Phi) is 8.33. The minimum atomic E-state index is -0.863. The molecule has 0 radical (unpaired) electrons. The molecule has 0 saturated carbocycles. The van der Waals surface area contributed by atoms with E-state index in [4.69, 9.17) is 14.2 Å². The van der Waals surface area contributed by atoms with Gasteiger partial charge < -0.3 is 29.3 Å². The molecule has 0 unspecified atom stereocenters. The number of ether oxygens (including phenoxy) is 3. The molecule has 3 aromatic rings. The number of nitrogens with zero attached hydrogens (tertiary/aromatic N) is 1. The van der Waals surface area contributed by atoms with E-state index in [2.05, 4.69) is 0 Å². The number of aliphatic hydroxyl groups is 1. The minimum absolute atomic E-state index is 0.0336. The zero-order valence-electron chi connectivity index (χ0n) is 21.6. The molecule has 3 aromatic carbocycles. The smallest absolute Gasteiger partial charge is 0.295 e. The summed E-state index contributed by atoms with van der Waals surface area (Å²) in [7, 11) is 2.97. The molecule has 0 aliphatic carbocycles. The fraction of sp³-hybridized carbons (Fsp3) is 0.267. The minimum Gasteiger partial charge on any atom is -0.507 e. The molecule has 1 aliphatic heterocycles. The average molecular weight is 518 g/mol. The molecule has 1 atom stereocenters. The highest BCUT2D eigenvalue weighted by Crippen LogP contribution is 2.42.